The molecule has 2 amide bonds. The Morgan fingerprint density at radius 1 is 0.882 bits per heavy atom. The van der Waals surface area contributed by atoms with E-state index in [4.69, 9.17) is 0 Å². The molecular weight excluding hydrogens is 427 g/mol. The van der Waals surface area contributed by atoms with Crippen LogP contribution in [0.1, 0.15) is 36.1 Å². The third-order valence-corrected chi connectivity index (χ3v) is 5.66. The Labute approximate surface area is 201 Å². The summed E-state index contributed by atoms with van der Waals surface area (Å²) in [4.78, 5) is 28.7. The van der Waals surface area contributed by atoms with Gasteiger partial charge >= 0.3 is 0 Å². The Morgan fingerprint density at radius 2 is 1.56 bits per heavy atom. The maximum absolute atomic E-state index is 13.6. The summed E-state index contributed by atoms with van der Waals surface area (Å²) in [6.07, 6.45) is 0.581. The maximum Gasteiger partial charge on any atom is 0.243 e. The first kappa shape index (κ1) is 25.2. The Balaban J connectivity index is 1.94. The van der Waals surface area contributed by atoms with Crippen molar-refractivity contribution in [2.75, 3.05) is 6.54 Å². The normalized spacial score (nSPS) is 11.8. The molecule has 0 radical (unpaired) electrons. The molecular formula is C29H33FN2O2. The second-order valence-electron chi connectivity index (χ2n) is 9.16. The molecule has 0 heterocycles. The van der Waals surface area contributed by atoms with Crippen LogP contribution < -0.4 is 5.32 Å². The lowest BCUT2D eigenvalue weighted by atomic mass is 10.0. The number of benzene rings is 3. The lowest BCUT2D eigenvalue weighted by Gasteiger charge is -2.32. The van der Waals surface area contributed by atoms with E-state index in [-0.39, 0.29) is 36.5 Å². The molecule has 0 fully saturated rings. The van der Waals surface area contributed by atoms with Crippen molar-refractivity contribution in [2.45, 2.75) is 46.2 Å². The number of halogens is 1. The van der Waals surface area contributed by atoms with Gasteiger partial charge in [0.1, 0.15) is 11.9 Å². The monoisotopic (exact) mass is 460 g/mol. The van der Waals surface area contributed by atoms with Gasteiger partial charge in [0.05, 0.1) is 6.42 Å². The predicted octanol–water partition coefficient (Wildman–Crippen LogP) is 5.09. The van der Waals surface area contributed by atoms with Crippen molar-refractivity contribution in [3.8, 4) is 0 Å². The van der Waals surface area contributed by atoms with Gasteiger partial charge in [0.2, 0.25) is 11.8 Å². The summed E-state index contributed by atoms with van der Waals surface area (Å²) in [6.45, 7) is 6.80. The quantitative estimate of drug-likeness (QED) is 0.458. The van der Waals surface area contributed by atoms with Gasteiger partial charge in [0.15, 0.2) is 0 Å². The number of aryl methyl sites for hydroxylation is 1. The second-order valence-corrected chi connectivity index (χ2v) is 9.16. The summed E-state index contributed by atoms with van der Waals surface area (Å²) in [5, 5.41) is 3.01. The molecule has 1 unspecified atom stereocenters. The van der Waals surface area contributed by atoms with Crippen molar-refractivity contribution >= 4 is 11.8 Å². The molecule has 178 valence electrons. The van der Waals surface area contributed by atoms with E-state index in [0.717, 1.165) is 22.3 Å². The highest BCUT2D eigenvalue weighted by Gasteiger charge is 2.30. The molecule has 0 aliphatic carbocycles. The minimum absolute atomic E-state index is 0.143. The van der Waals surface area contributed by atoms with E-state index in [1.165, 1.54) is 12.1 Å². The van der Waals surface area contributed by atoms with Gasteiger partial charge in [-0.25, -0.2) is 4.39 Å². The minimum Gasteiger partial charge on any atom is -0.354 e. The smallest absolute Gasteiger partial charge is 0.243 e. The molecule has 0 aromatic heterocycles. The van der Waals surface area contributed by atoms with Crippen LogP contribution in [0.3, 0.4) is 0 Å². The Morgan fingerprint density at radius 3 is 2.21 bits per heavy atom. The van der Waals surface area contributed by atoms with Crippen LogP contribution >= 0.6 is 0 Å². The highest BCUT2D eigenvalue weighted by atomic mass is 19.1. The van der Waals surface area contributed by atoms with Gasteiger partial charge in [-0.15, -0.1) is 0 Å². The molecule has 3 aromatic carbocycles. The van der Waals surface area contributed by atoms with E-state index < -0.39 is 6.04 Å². The van der Waals surface area contributed by atoms with E-state index in [2.05, 4.69) is 5.32 Å². The molecule has 1 N–H and O–H groups in total. The topological polar surface area (TPSA) is 49.4 Å². The SMILES string of the molecule is Cc1cccc(CC(=O)N(Cc2ccc(F)cc2)C(Cc2ccccc2)C(=O)NCC(C)C)c1. The summed E-state index contributed by atoms with van der Waals surface area (Å²) in [5.41, 5.74) is 3.72. The van der Waals surface area contributed by atoms with E-state index >= 15 is 0 Å². The number of hydrogen-bond acceptors (Lipinski definition) is 2. The van der Waals surface area contributed by atoms with Crippen molar-refractivity contribution in [2.24, 2.45) is 5.92 Å². The largest absolute Gasteiger partial charge is 0.354 e. The predicted molar refractivity (Wildman–Crippen MR) is 134 cm³/mol. The first-order valence-corrected chi connectivity index (χ1v) is 11.7. The van der Waals surface area contributed by atoms with Crippen LogP contribution in [-0.4, -0.2) is 29.3 Å². The van der Waals surface area contributed by atoms with E-state index in [1.807, 2.05) is 75.4 Å². The molecule has 3 aromatic rings. The maximum atomic E-state index is 13.6. The van der Waals surface area contributed by atoms with Gasteiger partial charge in [-0.05, 0) is 41.7 Å². The van der Waals surface area contributed by atoms with E-state index in [9.17, 15) is 14.0 Å². The Bertz CT molecular complexity index is 1080. The van der Waals surface area contributed by atoms with Crippen molar-refractivity contribution in [3.05, 3.63) is 107 Å². The minimum atomic E-state index is -0.691. The van der Waals surface area contributed by atoms with Gasteiger partial charge in [0, 0.05) is 19.5 Å². The molecule has 0 saturated carbocycles. The zero-order valence-electron chi connectivity index (χ0n) is 20.1. The summed E-state index contributed by atoms with van der Waals surface area (Å²) < 4.78 is 13.5. The number of amides is 2. The van der Waals surface area contributed by atoms with Crippen molar-refractivity contribution in [3.63, 3.8) is 0 Å². The standard InChI is InChI=1S/C29H33FN2O2/c1-21(2)19-31-29(34)27(17-23-9-5-4-6-10-23)32(20-24-12-14-26(30)15-13-24)28(33)18-25-11-7-8-22(3)16-25/h4-16,21,27H,17-20H2,1-3H3,(H,31,34). The number of hydrogen-bond donors (Lipinski definition) is 1. The van der Waals surface area contributed by atoms with Gasteiger partial charge in [0.25, 0.3) is 0 Å². The third kappa shape index (κ3) is 7.55. The number of nitrogens with one attached hydrogen (secondary N) is 1. The average molecular weight is 461 g/mol. The zero-order valence-corrected chi connectivity index (χ0v) is 20.1. The summed E-state index contributed by atoms with van der Waals surface area (Å²) in [6, 6.07) is 22.9. The fraction of sp³-hybridized carbons (Fsp3) is 0.310. The van der Waals surface area contributed by atoms with Crippen molar-refractivity contribution in [1.82, 2.24) is 10.2 Å². The van der Waals surface area contributed by atoms with Crippen LogP contribution in [-0.2, 0) is 29.0 Å². The molecule has 3 rings (SSSR count). The average Bonchev–Trinajstić information content (AvgIpc) is 2.81. The molecule has 0 saturated heterocycles. The van der Waals surface area contributed by atoms with Gasteiger partial charge < -0.3 is 10.2 Å². The molecule has 0 bridgehead atoms. The molecule has 5 heteroatoms. The van der Waals surface area contributed by atoms with Crippen molar-refractivity contribution < 1.29 is 14.0 Å². The molecule has 4 nitrogen and oxygen atoms in total. The van der Waals surface area contributed by atoms with Crippen LogP contribution in [0.2, 0.25) is 0 Å². The second kappa shape index (κ2) is 12.1. The van der Waals surface area contributed by atoms with E-state index in [1.54, 1.807) is 17.0 Å². The van der Waals surface area contributed by atoms with Crippen LogP contribution in [0.25, 0.3) is 0 Å². The lowest BCUT2D eigenvalue weighted by Crippen LogP contribution is -2.51. The molecule has 0 aliphatic rings. The van der Waals surface area contributed by atoms with Gasteiger partial charge in [-0.1, -0.05) is 86.1 Å². The number of nitrogens with zero attached hydrogens (tertiary/aromatic N) is 1. The summed E-state index contributed by atoms with van der Waals surface area (Å²) in [7, 11) is 0. The van der Waals surface area contributed by atoms with Crippen LogP contribution in [0.5, 0.6) is 0 Å². The van der Waals surface area contributed by atoms with Crippen LogP contribution in [0.4, 0.5) is 4.39 Å². The summed E-state index contributed by atoms with van der Waals surface area (Å²) in [5.74, 6) is -0.375. The van der Waals surface area contributed by atoms with Gasteiger partial charge in [-0.2, -0.15) is 0 Å². The fourth-order valence-electron chi connectivity index (χ4n) is 3.86. The molecule has 0 aliphatic heterocycles. The van der Waals surface area contributed by atoms with Crippen LogP contribution in [0, 0.1) is 18.7 Å². The van der Waals surface area contributed by atoms with Crippen molar-refractivity contribution in [1.29, 1.82) is 0 Å². The molecule has 0 spiro atoms. The Kier molecular flexibility index (Phi) is 8.97. The molecule has 1 atom stereocenters. The molecule has 34 heavy (non-hydrogen) atoms. The fourth-order valence-corrected chi connectivity index (χ4v) is 3.86. The van der Waals surface area contributed by atoms with E-state index in [0.29, 0.717) is 13.0 Å². The highest BCUT2D eigenvalue weighted by Crippen LogP contribution is 2.17. The lowest BCUT2D eigenvalue weighted by molar-refractivity contribution is -0.140. The number of carbonyl (C=O) groups is 2. The zero-order chi connectivity index (χ0) is 24.5. The van der Waals surface area contributed by atoms with Crippen LogP contribution in [0.15, 0.2) is 78.9 Å². The first-order valence-electron chi connectivity index (χ1n) is 11.7. The number of carbonyl (C=O) groups excluding carboxylic acids is 2. The Hall–Kier alpha value is -3.47. The first-order chi connectivity index (χ1) is 16.3. The summed E-state index contributed by atoms with van der Waals surface area (Å²) >= 11 is 0. The third-order valence-electron chi connectivity index (χ3n) is 5.66. The highest BCUT2D eigenvalue weighted by molar-refractivity contribution is 5.88. The number of rotatable bonds is 10. The van der Waals surface area contributed by atoms with Gasteiger partial charge in [-0.3, -0.25) is 9.59 Å².